The van der Waals surface area contributed by atoms with Gasteiger partial charge in [-0.3, -0.25) is 9.59 Å². The van der Waals surface area contributed by atoms with E-state index in [1.807, 2.05) is 18.2 Å². The highest BCUT2D eigenvalue weighted by Gasteiger charge is 2.29. The lowest BCUT2D eigenvalue weighted by atomic mass is 9.80. The van der Waals surface area contributed by atoms with E-state index in [4.69, 9.17) is 0 Å². The Morgan fingerprint density at radius 3 is 2.78 bits per heavy atom. The number of amides is 2. The summed E-state index contributed by atoms with van der Waals surface area (Å²) in [4.78, 5) is 26.5. The van der Waals surface area contributed by atoms with E-state index < -0.39 is 11.7 Å². The van der Waals surface area contributed by atoms with E-state index in [0.717, 1.165) is 24.8 Å². The molecule has 2 aromatic rings. The van der Waals surface area contributed by atoms with Crippen molar-refractivity contribution in [3.8, 4) is 0 Å². The van der Waals surface area contributed by atoms with Gasteiger partial charge in [-0.25, -0.2) is 4.39 Å². The first-order valence-corrected chi connectivity index (χ1v) is 9.53. The zero-order valence-corrected chi connectivity index (χ0v) is 15.4. The summed E-state index contributed by atoms with van der Waals surface area (Å²) >= 11 is 0. The lowest BCUT2D eigenvalue weighted by molar-refractivity contribution is -0.117. The van der Waals surface area contributed by atoms with Crippen molar-refractivity contribution in [1.29, 1.82) is 0 Å². The third-order valence-electron chi connectivity index (χ3n) is 5.69. The summed E-state index contributed by atoms with van der Waals surface area (Å²) in [7, 11) is 0. The number of anilines is 1. The summed E-state index contributed by atoms with van der Waals surface area (Å²) in [5.41, 5.74) is 2.91. The number of carbonyl (C=O) groups is 2. The molecular weight excluding hydrogens is 343 g/mol. The van der Waals surface area contributed by atoms with Crippen LogP contribution in [0.2, 0.25) is 0 Å². The van der Waals surface area contributed by atoms with Crippen LogP contribution >= 0.6 is 0 Å². The topological polar surface area (TPSA) is 49.4 Å². The summed E-state index contributed by atoms with van der Waals surface area (Å²) < 4.78 is 14.4. The number of fused-ring (bicyclic) bond motifs is 1. The number of nitrogens with one attached hydrogen (secondary N) is 1. The van der Waals surface area contributed by atoms with Gasteiger partial charge in [-0.2, -0.15) is 0 Å². The molecule has 2 unspecified atom stereocenters. The number of carbonyl (C=O) groups excluding carboxylic acids is 2. The van der Waals surface area contributed by atoms with Gasteiger partial charge in [-0.15, -0.1) is 0 Å². The van der Waals surface area contributed by atoms with E-state index in [1.165, 1.54) is 17.7 Å². The molecule has 0 spiro atoms. The van der Waals surface area contributed by atoms with Crippen molar-refractivity contribution in [1.82, 2.24) is 5.32 Å². The number of halogens is 1. The minimum absolute atomic E-state index is 0.0116. The van der Waals surface area contributed by atoms with Crippen LogP contribution in [0.25, 0.3) is 0 Å². The number of rotatable bonds is 3. The van der Waals surface area contributed by atoms with E-state index in [1.54, 1.807) is 11.0 Å². The number of aryl methyl sites for hydroxylation is 1. The average Bonchev–Trinajstić information content (AvgIpc) is 3.10. The molecule has 140 valence electrons. The number of benzene rings is 2. The van der Waals surface area contributed by atoms with E-state index in [9.17, 15) is 14.0 Å². The molecule has 1 aliphatic carbocycles. The first-order chi connectivity index (χ1) is 13.0. The van der Waals surface area contributed by atoms with Crippen molar-refractivity contribution >= 4 is 17.5 Å². The molecule has 2 aromatic carbocycles. The van der Waals surface area contributed by atoms with Gasteiger partial charge in [-0.1, -0.05) is 31.2 Å². The molecule has 0 aromatic heterocycles. The molecule has 2 atom stereocenters. The maximum absolute atomic E-state index is 14.4. The number of nitrogens with zero attached hydrogens (tertiary/aromatic N) is 1. The second-order valence-electron chi connectivity index (χ2n) is 7.48. The smallest absolute Gasteiger partial charge is 0.254 e. The maximum Gasteiger partial charge on any atom is 0.254 e. The molecule has 0 saturated carbocycles. The van der Waals surface area contributed by atoms with Gasteiger partial charge in [0.1, 0.15) is 5.82 Å². The van der Waals surface area contributed by atoms with E-state index >= 15 is 0 Å². The Kier molecular flexibility index (Phi) is 4.68. The predicted molar refractivity (Wildman–Crippen MR) is 102 cm³/mol. The van der Waals surface area contributed by atoms with Crippen LogP contribution < -0.4 is 10.2 Å². The Bertz CT molecular complexity index is 896. The molecule has 1 aliphatic heterocycles. The van der Waals surface area contributed by atoms with Gasteiger partial charge in [0.2, 0.25) is 5.91 Å². The molecule has 4 nitrogen and oxygen atoms in total. The summed E-state index contributed by atoms with van der Waals surface area (Å²) in [6, 6.07) is 12.3. The van der Waals surface area contributed by atoms with Crippen LogP contribution in [0, 0.1) is 11.7 Å². The van der Waals surface area contributed by atoms with Crippen molar-refractivity contribution in [3.63, 3.8) is 0 Å². The molecule has 2 amide bonds. The fourth-order valence-corrected chi connectivity index (χ4v) is 4.14. The van der Waals surface area contributed by atoms with Gasteiger partial charge < -0.3 is 10.2 Å². The fraction of sp³-hybridized carbons (Fsp3) is 0.364. The summed E-state index contributed by atoms with van der Waals surface area (Å²) in [5, 5.41) is 3.03. The van der Waals surface area contributed by atoms with Gasteiger partial charge in [0.25, 0.3) is 5.91 Å². The van der Waals surface area contributed by atoms with Crippen LogP contribution in [0.1, 0.15) is 53.7 Å². The Morgan fingerprint density at radius 2 is 2.00 bits per heavy atom. The van der Waals surface area contributed by atoms with Crippen molar-refractivity contribution in [2.75, 3.05) is 11.4 Å². The maximum atomic E-state index is 14.4. The van der Waals surface area contributed by atoms with Crippen molar-refractivity contribution < 1.29 is 14.0 Å². The van der Waals surface area contributed by atoms with E-state index in [-0.39, 0.29) is 23.4 Å². The summed E-state index contributed by atoms with van der Waals surface area (Å²) in [6.07, 6.45) is 3.25. The van der Waals surface area contributed by atoms with Crippen LogP contribution in [-0.2, 0) is 11.2 Å². The highest BCUT2D eigenvalue weighted by Crippen LogP contribution is 2.34. The zero-order valence-electron chi connectivity index (χ0n) is 15.4. The number of hydrogen-bond acceptors (Lipinski definition) is 2. The molecule has 27 heavy (non-hydrogen) atoms. The van der Waals surface area contributed by atoms with Crippen LogP contribution in [0.15, 0.2) is 42.5 Å². The minimum Gasteiger partial charge on any atom is -0.345 e. The lowest BCUT2D eigenvalue weighted by Crippen LogP contribution is -2.36. The second kappa shape index (κ2) is 7.14. The third kappa shape index (κ3) is 3.34. The van der Waals surface area contributed by atoms with E-state index in [0.29, 0.717) is 18.7 Å². The average molecular weight is 366 g/mol. The minimum atomic E-state index is -0.570. The Labute approximate surface area is 158 Å². The van der Waals surface area contributed by atoms with Gasteiger partial charge in [-0.05, 0) is 54.5 Å². The standard InChI is InChI=1S/C22H23FN2O2/c1-14-8-9-15-5-2-3-6-17(15)21(14)24-22(27)18-13-16(10-11-19(18)23)25-12-4-7-20(25)26/h2-3,5-6,10-11,13-14,21H,4,7-9,12H2,1H3,(H,24,27). The van der Waals surface area contributed by atoms with Gasteiger partial charge >= 0.3 is 0 Å². The van der Waals surface area contributed by atoms with Gasteiger partial charge in [0, 0.05) is 18.7 Å². The summed E-state index contributed by atoms with van der Waals surface area (Å²) in [6.45, 7) is 2.72. The largest absolute Gasteiger partial charge is 0.345 e. The van der Waals surface area contributed by atoms with Crippen molar-refractivity contribution in [2.45, 2.75) is 38.6 Å². The van der Waals surface area contributed by atoms with Crippen molar-refractivity contribution in [3.05, 3.63) is 65.0 Å². The fourth-order valence-electron chi connectivity index (χ4n) is 4.14. The Balaban J connectivity index is 1.61. The molecule has 1 fully saturated rings. The third-order valence-corrected chi connectivity index (χ3v) is 5.69. The number of hydrogen-bond donors (Lipinski definition) is 1. The van der Waals surface area contributed by atoms with E-state index in [2.05, 4.69) is 18.3 Å². The molecule has 1 N–H and O–H groups in total. The molecule has 5 heteroatoms. The monoisotopic (exact) mass is 366 g/mol. The lowest BCUT2D eigenvalue weighted by Gasteiger charge is -2.32. The SMILES string of the molecule is CC1CCc2ccccc2C1NC(=O)c1cc(N2CCCC2=O)ccc1F. The Morgan fingerprint density at radius 1 is 1.19 bits per heavy atom. The first kappa shape index (κ1) is 17.7. The normalized spacial score (nSPS) is 21.9. The predicted octanol–water partition coefficient (Wildman–Crippen LogP) is 4.01. The Hall–Kier alpha value is -2.69. The highest BCUT2D eigenvalue weighted by molar-refractivity contribution is 5.99. The summed E-state index contributed by atoms with van der Waals surface area (Å²) in [5.74, 6) is -0.716. The van der Waals surface area contributed by atoms with Crippen LogP contribution in [-0.4, -0.2) is 18.4 Å². The zero-order chi connectivity index (χ0) is 19.0. The molecule has 4 rings (SSSR count). The molecule has 0 radical (unpaired) electrons. The van der Waals surface area contributed by atoms with Crippen LogP contribution in [0.5, 0.6) is 0 Å². The van der Waals surface area contributed by atoms with Crippen molar-refractivity contribution in [2.24, 2.45) is 5.92 Å². The quantitative estimate of drug-likeness (QED) is 0.892. The molecular formula is C22H23FN2O2. The second-order valence-corrected chi connectivity index (χ2v) is 7.48. The van der Waals surface area contributed by atoms with Gasteiger partial charge in [0.05, 0.1) is 11.6 Å². The van der Waals surface area contributed by atoms with Gasteiger partial charge in [0.15, 0.2) is 0 Å². The van der Waals surface area contributed by atoms with Crippen LogP contribution in [0.4, 0.5) is 10.1 Å². The van der Waals surface area contributed by atoms with Crippen LogP contribution in [0.3, 0.4) is 0 Å². The molecule has 1 saturated heterocycles. The molecule has 0 bridgehead atoms. The first-order valence-electron chi connectivity index (χ1n) is 9.53. The highest BCUT2D eigenvalue weighted by atomic mass is 19.1. The molecule has 1 heterocycles. The molecule has 2 aliphatic rings.